The largest absolute Gasteiger partial charge is 0.418 e. The molecule has 0 aliphatic carbocycles. The third kappa shape index (κ3) is 4.44. The van der Waals surface area contributed by atoms with Crippen molar-refractivity contribution in [2.75, 3.05) is 43.0 Å². The number of nitrogens with one attached hydrogen (secondary N) is 1. The molecule has 1 fully saturated rings. The molecule has 0 unspecified atom stereocenters. The van der Waals surface area contributed by atoms with Gasteiger partial charge in [0.25, 0.3) is 0 Å². The van der Waals surface area contributed by atoms with Crippen LogP contribution in [0.3, 0.4) is 0 Å². The second kappa shape index (κ2) is 9.77. The lowest BCUT2D eigenvalue weighted by Gasteiger charge is -2.36. The van der Waals surface area contributed by atoms with Gasteiger partial charge in [0.1, 0.15) is 17.3 Å². The van der Waals surface area contributed by atoms with Gasteiger partial charge in [0.05, 0.1) is 34.7 Å². The van der Waals surface area contributed by atoms with Gasteiger partial charge in [-0.2, -0.15) is 18.4 Å². The molecule has 202 valence electrons. The molecule has 1 saturated heterocycles. The van der Waals surface area contributed by atoms with Crippen molar-refractivity contribution in [3.63, 3.8) is 0 Å². The van der Waals surface area contributed by atoms with Crippen LogP contribution in [0.5, 0.6) is 0 Å². The molecule has 2 aliphatic rings. The number of pyridine rings is 3. The summed E-state index contributed by atoms with van der Waals surface area (Å²) >= 11 is 0. The molecule has 0 spiro atoms. The zero-order valence-electron chi connectivity index (χ0n) is 21.4. The molecular formula is C28H23F3N8O. The minimum absolute atomic E-state index is 0.0868. The fourth-order valence-corrected chi connectivity index (χ4v) is 5.13. The van der Waals surface area contributed by atoms with Gasteiger partial charge in [-0.3, -0.25) is 9.88 Å². The van der Waals surface area contributed by atoms with E-state index >= 15 is 0 Å². The van der Waals surface area contributed by atoms with E-state index in [-0.39, 0.29) is 23.6 Å². The molecule has 2 amide bonds. The van der Waals surface area contributed by atoms with Crippen molar-refractivity contribution in [2.45, 2.75) is 12.7 Å². The van der Waals surface area contributed by atoms with Gasteiger partial charge >= 0.3 is 12.2 Å². The van der Waals surface area contributed by atoms with E-state index in [4.69, 9.17) is 10.2 Å². The fourth-order valence-electron chi connectivity index (χ4n) is 5.13. The van der Waals surface area contributed by atoms with Crippen molar-refractivity contribution in [2.24, 2.45) is 0 Å². The Labute approximate surface area is 227 Å². The van der Waals surface area contributed by atoms with Crippen molar-refractivity contribution >= 4 is 34.1 Å². The Kier molecular flexibility index (Phi) is 6.23. The van der Waals surface area contributed by atoms with Crippen LogP contribution < -0.4 is 15.1 Å². The second-order valence-corrected chi connectivity index (χ2v) is 9.65. The molecule has 1 N–H and O–H groups in total. The van der Waals surface area contributed by atoms with E-state index in [1.165, 1.54) is 22.1 Å². The predicted octanol–water partition coefficient (Wildman–Crippen LogP) is 4.70. The van der Waals surface area contributed by atoms with Crippen LogP contribution in [-0.4, -0.2) is 59.1 Å². The number of carbonyl (C=O) groups excluding carboxylic acids is 1. The number of hydrogen-bond acceptors (Lipinski definition) is 7. The average Bonchev–Trinajstić information content (AvgIpc) is 2.97. The summed E-state index contributed by atoms with van der Waals surface area (Å²) in [5.74, 6) is 0. The van der Waals surface area contributed by atoms with Crippen LogP contribution in [0, 0.1) is 11.3 Å². The number of alkyl halides is 3. The first kappa shape index (κ1) is 25.5. The van der Waals surface area contributed by atoms with Crippen LogP contribution in [0.2, 0.25) is 0 Å². The molecule has 2 aliphatic heterocycles. The van der Waals surface area contributed by atoms with Crippen LogP contribution >= 0.6 is 0 Å². The Bertz CT molecular complexity index is 1660. The molecule has 0 bridgehead atoms. The lowest BCUT2D eigenvalue weighted by atomic mass is 10.0. The van der Waals surface area contributed by atoms with Crippen molar-refractivity contribution in [1.82, 2.24) is 25.2 Å². The number of benzene rings is 1. The highest BCUT2D eigenvalue weighted by Crippen LogP contribution is 2.43. The first-order valence-electron chi connectivity index (χ1n) is 12.6. The summed E-state index contributed by atoms with van der Waals surface area (Å²) in [6.07, 6.45) is -1.48. The van der Waals surface area contributed by atoms with Crippen LogP contribution in [-0.2, 0) is 12.7 Å². The molecule has 3 aromatic heterocycles. The van der Waals surface area contributed by atoms with E-state index in [0.29, 0.717) is 59.7 Å². The maximum atomic E-state index is 14.4. The third-order valence-electron chi connectivity index (χ3n) is 7.09. The van der Waals surface area contributed by atoms with Gasteiger partial charge in [0.15, 0.2) is 0 Å². The summed E-state index contributed by atoms with van der Waals surface area (Å²) in [4.78, 5) is 31.4. The molecule has 4 aromatic rings. The molecule has 40 heavy (non-hydrogen) atoms. The van der Waals surface area contributed by atoms with Crippen LogP contribution in [0.4, 0.5) is 35.0 Å². The molecular weight excluding hydrogens is 521 g/mol. The van der Waals surface area contributed by atoms with Gasteiger partial charge in [-0.05, 0) is 42.5 Å². The van der Waals surface area contributed by atoms with Crippen LogP contribution in [0.25, 0.3) is 22.3 Å². The molecule has 12 heteroatoms. The minimum atomic E-state index is -4.63. The van der Waals surface area contributed by atoms with Gasteiger partial charge in [-0.1, -0.05) is 0 Å². The van der Waals surface area contributed by atoms with E-state index in [1.807, 2.05) is 6.07 Å². The minimum Gasteiger partial charge on any atom is -0.368 e. The number of nitrogens with zero attached hydrogens (tertiary/aromatic N) is 7. The number of piperazine rings is 1. The van der Waals surface area contributed by atoms with Crippen LogP contribution in [0.15, 0.2) is 54.9 Å². The Hall–Kier alpha value is -4.76. The van der Waals surface area contributed by atoms with E-state index in [9.17, 15) is 18.0 Å². The third-order valence-corrected chi connectivity index (χ3v) is 7.09. The number of fused-ring (bicyclic) bond motifs is 3. The van der Waals surface area contributed by atoms with Crippen molar-refractivity contribution in [1.29, 1.82) is 5.26 Å². The molecule has 1 aromatic carbocycles. The fraction of sp³-hybridized carbons (Fsp3) is 0.250. The standard InChI is InChI=1S/C28H23F3N8O/c1-37-16-18-15-35-23-6-5-22(17-2-3-19(13-32)34-14-17)36-25(23)26(18)39(27(37)40)20-4-7-24(21(12-20)28(29,30)31)38-10-8-33-9-11-38/h2-7,12,14-15,33H,8-11,16H2,1H3. The smallest absolute Gasteiger partial charge is 0.368 e. The molecule has 6 rings (SSSR count). The van der Waals surface area contributed by atoms with E-state index in [0.717, 1.165) is 6.07 Å². The van der Waals surface area contributed by atoms with Gasteiger partial charge < -0.3 is 15.1 Å². The van der Waals surface area contributed by atoms with Crippen molar-refractivity contribution < 1.29 is 18.0 Å². The van der Waals surface area contributed by atoms with E-state index in [2.05, 4.69) is 15.3 Å². The Morgan fingerprint density at radius 2 is 1.82 bits per heavy atom. The van der Waals surface area contributed by atoms with Crippen molar-refractivity contribution in [3.8, 4) is 17.3 Å². The van der Waals surface area contributed by atoms with E-state index < -0.39 is 17.8 Å². The van der Waals surface area contributed by atoms with E-state index in [1.54, 1.807) is 48.5 Å². The molecule has 0 saturated carbocycles. The number of hydrogen-bond donors (Lipinski definition) is 1. The number of carbonyl (C=O) groups is 1. The van der Waals surface area contributed by atoms with Gasteiger partial charge in [-0.15, -0.1) is 0 Å². The number of aromatic nitrogens is 3. The maximum absolute atomic E-state index is 14.4. The molecule has 0 radical (unpaired) electrons. The summed E-state index contributed by atoms with van der Waals surface area (Å²) < 4.78 is 43.1. The summed E-state index contributed by atoms with van der Waals surface area (Å²) in [5.41, 5.74) is 2.70. The average molecular weight is 545 g/mol. The molecule has 0 atom stereocenters. The van der Waals surface area contributed by atoms with Crippen LogP contribution in [0.1, 0.15) is 16.8 Å². The topological polar surface area (TPSA) is 101 Å². The Morgan fingerprint density at radius 1 is 1.02 bits per heavy atom. The van der Waals surface area contributed by atoms with Gasteiger partial charge in [0.2, 0.25) is 0 Å². The SMILES string of the molecule is CN1Cc2cnc3ccc(-c4ccc(C#N)nc4)nc3c2N(c2ccc(N3CCNCC3)c(C(F)(F)F)c2)C1=O. The normalized spacial score (nSPS) is 15.8. The highest BCUT2D eigenvalue weighted by atomic mass is 19.4. The maximum Gasteiger partial charge on any atom is 0.418 e. The number of halogens is 3. The Morgan fingerprint density at radius 3 is 2.52 bits per heavy atom. The lowest BCUT2D eigenvalue weighted by molar-refractivity contribution is -0.137. The number of rotatable bonds is 3. The number of anilines is 3. The van der Waals surface area contributed by atoms with Gasteiger partial charge in [-0.25, -0.2) is 14.8 Å². The molecule has 9 nitrogen and oxygen atoms in total. The summed E-state index contributed by atoms with van der Waals surface area (Å²) in [5, 5.41) is 12.2. The zero-order valence-corrected chi connectivity index (χ0v) is 21.4. The predicted molar refractivity (Wildman–Crippen MR) is 143 cm³/mol. The quantitative estimate of drug-likeness (QED) is 0.399. The number of nitriles is 1. The monoisotopic (exact) mass is 544 g/mol. The lowest BCUT2D eigenvalue weighted by Crippen LogP contribution is -2.44. The number of urea groups is 1. The zero-order chi connectivity index (χ0) is 28.0. The Balaban J connectivity index is 1.52. The number of amides is 2. The summed E-state index contributed by atoms with van der Waals surface area (Å²) in [6.45, 7) is 2.30. The first-order valence-corrected chi connectivity index (χ1v) is 12.6. The molecule has 5 heterocycles. The van der Waals surface area contributed by atoms with Crippen molar-refractivity contribution in [3.05, 3.63) is 71.7 Å². The highest BCUT2D eigenvalue weighted by molar-refractivity contribution is 6.08. The summed E-state index contributed by atoms with van der Waals surface area (Å²) in [7, 11) is 1.59. The van der Waals surface area contributed by atoms with Gasteiger partial charge in [0, 0.05) is 62.4 Å². The highest BCUT2D eigenvalue weighted by Gasteiger charge is 2.38. The second-order valence-electron chi connectivity index (χ2n) is 9.65. The summed E-state index contributed by atoms with van der Waals surface area (Å²) in [6, 6.07) is 12.3. The first-order chi connectivity index (χ1) is 19.2.